The second kappa shape index (κ2) is 12.3. The first-order chi connectivity index (χ1) is 25.2. The molecule has 0 heterocycles. The second-order valence-electron chi connectivity index (χ2n) is 14.7. The fourth-order valence-electron chi connectivity index (χ4n) is 8.70. The van der Waals surface area contributed by atoms with Crippen LogP contribution < -0.4 is 9.80 Å². The van der Waals surface area contributed by atoms with E-state index in [4.69, 9.17) is 0 Å². The van der Waals surface area contributed by atoms with Gasteiger partial charge in [-0.15, -0.1) is 0 Å². The second-order valence-corrected chi connectivity index (χ2v) is 14.7. The highest BCUT2D eigenvalue weighted by Crippen LogP contribution is 2.51. The standard InChI is InChI=1S/C50H42N2/c1-31-21-33(3)49(34(4)22-31)51(41-13-9-7-10-14-41)43-19-17-37-27-45-46-28-38-18-20-44(26-40(38)30-48(46)47(45)29-39(37)25-43)52(42-15-11-8-12-16-42)50-35(5)23-32(2)24-36(50)6/h7-30H,1-6H3. The van der Waals surface area contributed by atoms with E-state index >= 15 is 0 Å². The Bertz CT molecular complexity index is 2450. The van der Waals surface area contributed by atoms with Crippen molar-refractivity contribution in [2.45, 2.75) is 41.5 Å². The summed E-state index contributed by atoms with van der Waals surface area (Å²) in [5.74, 6) is 0. The number of anilines is 6. The smallest absolute Gasteiger partial charge is 0.0520 e. The fourth-order valence-corrected chi connectivity index (χ4v) is 8.70. The normalized spacial score (nSPS) is 11.7. The molecule has 2 nitrogen and oxygen atoms in total. The number of hydrogen-bond acceptors (Lipinski definition) is 2. The van der Waals surface area contributed by atoms with Gasteiger partial charge < -0.3 is 9.80 Å². The quantitative estimate of drug-likeness (QED) is 0.174. The number of aryl methyl sites for hydroxylation is 6. The molecule has 0 fully saturated rings. The van der Waals surface area contributed by atoms with Crippen LogP contribution in [0.2, 0.25) is 0 Å². The Balaban J connectivity index is 1.15. The van der Waals surface area contributed by atoms with Gasteiger partial charge in [-0.25, -0.2) is 0 Å². The van der Waals surface area contributed by atoms with Crippen LogP contribution in [-0.2, 0) is 0 Å². The maximum Gasteiger partial charge on any atom is 0.0520 e. The molecule has 252 valence electrons. The summed E-state index contributed by atoms with van der Waals surface area (Å²) in [6, 6.07) is 54.1. The maximum absolute atomic E-state index is 2.42. The Hall–Kier alpha value is -6.12. The van der Waals surface area contributed by atoms with Gasteiger partial charge >= 0.3 is 0 Å². The average molecular weight is 671 g/mol. The van der Waals surface area contributed by atoms with Gasteiger partial charge in [0.2, 0.25) is 0 Å². The van der Waals surface area contributed by atoms with E-state index in [2.05, 4.69) is 197 Å². The minimum Gasteiger partial charge on any atom is -0.310 e. The molecule has 0 unspecified atom stereocenters. The lowest BCUT2D eigenvalue weighted by Gasteiger charge is -2.30. The lowest BCUT2D eigenvalue weighted by Crippen LogP contribution is -2.13. The van der Waals surface area contributed by atoms with Crippen molar-refractivity contribution in [3.05, 3.63) is 179 Å². The molecule has 0 saturated carbocycles. The lowest BCUT2D eigenvalue weighted by molar-refractivity contribution is 1.21. The van der Waals surface area contributed by atoms with Crippen molar-refractivity contribution in [2.24, 2.45) is 0 Å². The minimum atomic E-state index is 1.16. The molecule has 1 aliphatic rings. The Morgan fingerprint density at radius 1 is 0.288 bits per heavy atom. The number of benzene rings is 8. The first kappa shape index (κ1) is 31.8. The fraction of sp³-hybridized carbons (Fsp3) is 0.120. The van der Waals surface area contributed by atoms with Gasteiger partial charge in [-0.1, -0.05) is 83.9 Å². The van der Waals surface area contributed by atoms with Crippen molar-refractivity contribution in [1.29, 1.82) is 0 Å². The van der Waals surface area contributed by atoms with Crippen LogP contribution in [0.25, 0.3) is 43.8 Å². The summed E-state index contributed by atoms with van der Waals surface area (Å²) >= 11 is 0. The summed E-state index contributed by atoms with van der Waals surface area (Å²) in [5.41, 5.74) is 20.1. The Morgan fingerprint density at radius 3 is 0.962 bits per heavy atom. The summed E-state index contributed by atoms with van der Waals surface area (Å²) in [6.07, 6.45) is 0. The molecule has 0 aliphatic heterocycles. The molecule has 0 radical (unpaired) electrons. The third-order valence-corrected chi connectivity index (χ3v) is 10.8. The van der Waals surface area contributed by atoms with Crippen LogP contribution in [0.15, 0.2) is 146 Å². The molecule has 0 spiro atoms. The highest BCUT2D eigenvalue weighted by atomic mass is 15.2. The molecule has 0 amide bonds. The predicted molar refractivity (Wildman–Crippen MR) is 224 cm³/mol. The highest BCUT2D eigenvalue weighted by Gasteiger charge is 2.25. The molecular formula is C50H42N2. The van der Waals surface area contributed by atoms with Crippen molar-refractivity contribution in [2.75, 3.05) is 9.80 Å². The van der Waals surface area contributed by atoms with Crippen LogP contribution in [0.4, 0.5) is 34.1 Å². The zero-order chi connectivity index (χ0) is 35.7. The Labute approximate surface area is 307 Å². The Kier molecular flexibility index (Phi) is 7.52. The van der Waals surface area contributed by atoms with Crippen LogP contribution >= 0.6 is 0 Å². The largest absolute Gasteiger partial charge is 0.310 e. The van der Waals surface area contributed by atoms with E-state index < -0.39 is 0 Å². The van der Waals surface area contributed by atoms with Gasteiger partial charge in [0.1, 0.15) is 0 Å². The molecule has 52 heavy (non-hydrogen) atoms. The van der Waals surface area contributed by atoms with Crippen LogP contribution in [0, 0.1) is 41.5 Å². The number of hydrogen-bond donors (Lipinski definition) is 0. The molecule has 9 rings (SSSR count). The summed E-state index contributed by atoms with van der Waals surface area (Å²) in [6.45, 7) is 13.3. The van der Waals surface area contributed by atoms with Crippen molar-refractivity contribution in [3.63, 3.8) is 0 Å². The molecule has 0 bridgehead atoms. The van der Waals surface area contributed by atoms with Crippen LogP contribution in [0.3, 0.4) is 0 Å². The van der Waals surface area contributed by atoms with Crippen LogP contribution in [0.5, 0.6) is 0 Å². The van der Waals surface area contributed by atoms with E-state index in [0.717, 1.165) is 11.4 Å². The van der Waals surface area contributed by atoms with Crippen LogP contribution in [0.1, 0.15) is 33.4 Å². The SMILES string of the molecule is Cc1cc(C)c(N(c2ccccc2)c2ccc3cc4c(cc3c2)-c2cc3cc(N(c5ccccc5)c5c(C)cc(C)cc5C)ccc3cc2-4)c(C)c1. The van der Waals surface area contributed by atoms with Crippen molar-refractivity contribution >= 4 is 55.7 Å². The molecule has 1 aliphatic carbocycles. The van der Waals surface area contributed by atoms with E-state index in [0.29, 0.717) is 0 Å². The maximum atomic E-state index is 2.42. The molecule has 8 aromatic rings. The monoisotopic (exact) mass is 670 g/mol. The first-order valence-corrected chi connectivity index (χ1v) is 18.3. The van der Waals surface area contributed by atoms with Gasteiger partial charge in [-0.2, -0.15) is 0 Å². The van der Waals surface area contributed by atoms with Crippen LogP contribution in [-0.4, -0.2) is 0 Å². The van der Waals surface area contributed by atoms with E-state index in [9.17, 15) is 0 Å². The molecule has 2 heteroatoms. The van der Waals surface area contributed by atoms with Gasteiger partial charge in [0.15, 0.2) is 0 Å². The van der Waals surface area contributed by atoms with Gasteiger partial charge in [0.05, 0.1) is 11.4 Å². The van der Waals surface area contributed by atoms with Gasteiger partial charge in [0, 0.05) is 22.7 Å². The number of nitrogens with zero attached hydrogens (tertiary/aromatic N) is 2. The molecule has 0 N–H and O–H groups in total. The number of rotatable bonds is 6. The third kappa shape index (κ3) is 5.26. The van der Waals surface area contributed by atoms with Gasteiger partial charge in [0.25, 0.3) is 0 Å². The predicted octanol–water partition coefficient (Wildman–Crippen LogP) is 14.4. The molecular weight excluding hydrogens is 629 g/mol. The zero-order valence-corrected chi connectivity index (χ0v) is 30.8. The molecule has 0 atom stereocenters. The molecule has 0 saturated heterocycles. The minimum absolute atomic E-state index is 1.16. The van der Waals surface area contributed by atoms with Crippen molar-refractivity contribution < 1.29 is 0 Å². The topological polar surface area (TPSA) is 6.48 Å². The van der Waals surface area contributed by atoms with E-state index in [1.807, 2.05) is 0 Å². The van der Waals surface area contributed by atoms with E-state index in [1.165, 1.54) is 99.9 Å². The number of para-hydroxylation sites is 2. The summed E-state index contributed by atoms with van der Waals surface area (Å²) in [4.78, 5) is 4.84. The van der Waals surface area contributed by atoms with E-state index in [1.54, 1.807) is 0 Å². The van der Waals surface area contributed by atoms with E-state index in [-0.39, 0.29) is 0 Å². The Morgan fingerprint density at radius 2 is 0.615 bits per heavy atom. The molecule has 0 aromatic heterocycles. The summed E-state index contributed by atoms with van der Waals surface area (Å²) in [7, 11) is 0. The lowest BCUT2D eigenvalue weighted by atomic mass is 9.78. The van der Waals surface area contributed by atoms with Crippen molar-refractivity contribution in [1.82, 2.24) is 0 Å². The summed E-state index contributed by atoms with van der Waals surface area (Å²) in [5, 5.41) is 5.02. The summed E-state index contributed by atoms with van der Waals surface area (Å²) < 4.78 is 0. The van der Waals surface area contributed by atoms with Crippen molar-refractivity contribution in [3.8, 4) is 22.3 Å². The molecule has 8 aromatic carbocycles. The van der Waals surface area contributed by atoms with Gasteiger partial charge in [-0.3, -0.25) is 0 Å². The average Bonchev–Trinajstić information content (AvgIpc) is 3.13. The number of fused-ring (bicyclic) bond motifs is 6. The first-order valence-electron chi connectivity index (χ1n) is 18.3. The zero-order valence-electron chi connectivity index (χ0n) is 30.8. The third-order valence-electron chi connectivity index (χ3n) is 10.8. The highest BCUT2D eigenvalue weighted by molar-refractivity contribution is 6.12. The van der Waals surface area contributed by atoms with Gasteiger partial charge in [-0.05, 0) is 180 Å².